The van der Waals surface area contributed by atoms with Crippen molar-refractivity contribution >= 4 is 0 Å². The Kier molecular flexibility index (Phi) is 3.84. The first-order valence-corrected chi connectivity index (χ1v) is 6.78. The average molecular weight is 298 g/mol. The number of hydrogen-bond acceptors (Lipinski definition) is 4. The van der Waals surface area contributed by atoms with Gasteiger partial charge in [0, 0.05) is 18.2 Å². The maximum absolute atomic E-state index is 13.5. The van der Waals surface area contributed by atoms with E-state index in [-0.39, 0.29) is 12.4 Å². The third-order valence-corrected chi connectivity index (χ3v) is 3.33. The molecule has 112 valence electrons. The molecule has 0 bridgehead atoms. The number of halogens is 1. The molecule has 1 aromatic heterocycles. The molecule has 0 saturated heterocycles. The number of nitrogens with two attached hydrogens (primary N) is 1. The van der Waals surface area contributed by atoms with Crippen LogP contribution in [0.25, 0.3) is 16.9 Å². The highest BCUT2D eigenvalue weighted by atomic mass is 19.1. The van der Waals surface area contributed by atoms with Crippen molar-refractivity contribution in [1.82, 2.24) is 15.0 Å². The molecule has 0 aliphatic heterocycles. The Balaban J connectivity index is 2.19. The van der Waals surface area contributed by atoms with Crippen LogP contribution in [-0.2, 0) is 6.54 Å². The van der Waals surface area contributed by atoms with Gasteiger partial charge in [0.15, 0.2) is 0 Å². The molecule has 2 aromatic carbocycles. The van der Waals surface area contributed by atoms with E-state index in [9.17, 15) is 4.39 Å². The van der Waals surface area contributed by atoms with E-state index < -0.39 is 0 Å². The quantitative estimate of drug-likeness (QED) is 0.804. The van der Waals surface area contributed by atoms with Gasteiger partial charge in [0.05, 0.1) is 18.5 Å². The lowest BCUT2D eigenvalue weighted by Crippen LogP contribution is -2.03. The Morgan fingerprint density at radius 2 is 2.00 bits per heavy atom. The molecule has 0 atom stereocenters. The molecule has 0 aliphatic rings. The SMILES string of the molecule is COc1cccc(-n2nnc(CN)c2-c2cccc(F)c2)c1. The number of rotatable bonds is 4. The van der Waals surface area contributed by atoms with Crippen molar-refractivity contribution in [2.45, 2.75) is 6.54 Å². The van der Waals surface area contributed by atoms with E-state index in [2.05, 4.69) is 10.3 Å². The van der Waals surface area contributed by atoms with Crippen molar-refractivity contribution in [3.63, 3.8) is 0 Å². The highest BCUT2D eigenvalue weighted by Crippen LogP contribution is 2.27. The molecule has 0 aliphatic carbocycles. The fourth-order valence-electron chi connectivity index (χ4n) is 2.30. The fraction of sp³-hybridized carbons (Fsp3) is 0.125. The molecule has 0 amide bonds. The molecule has 0 radical (unpaired) electrons. The van der Waals surface area contributed by atoms with Crippen LogP contribution in [0.3, 0.4) is 0 Å². The molecule has 0 fully saturated rings. The maximum Gasteiger partial charge on any atom is 0.123 e. The normalized spacial score (nSPS) is 10.7. The molecule has 0 saturated carbocycles. The van der Waals surface area contributed by atoms with Crippen molar-refractivity contribution in [3.05, 3.63) is 60.0 Å². The monoisotopic (exact) mass is 298 g/mol. The van der Waals surface area contributed by atoms with Gasteiger partial charge in [-0.3, -0.25) is 0 Å². The minimum absolute atomic E-state index is 0.218. The summed E-state index contributed by atoms with van der Waals surface area (Å²) in [5, 5.41) is 8.24. The van der Waals surface area contributed by atoms with Crippen LogP contribution in [0.2, 0.25) is 0 Å². The van der Waals surface area contributed by atoms with Crippen LogP contribution in [0, 0.1) is 5.82 Å². The summed E-state index contributed by atoms with van der Waals surface area (Å²) in [6, 6.07) is 13.7. The van der Waals surface area contributed by atoms with E-state index in [1.807, 2.05) is 24.3 Å². The van der Waals surface area contributed by atoms with Gasteiger partial charge in [-0.1, -0.05) is 23.4 Å². The zero-order valence-corrected chi connectivity index (χ0v) is 12.0. The lowest BCUT2D eigenvalue weighted by Gasteiger charge is -2.09. The van der Waals surface area contributed by atoms with Gasteiger partial charge in [-0.2, -0.15) is 0 Å². The summed E-state index contributed by atoms with van der Waals surface area (Å²) in [4.78, 5) is 0. The van der Waals surface area contributed by atoms with Gasteiger partial charge < -0.3 is 10.5 Å². The topological polar surface area (TPSA) is 66.0 Å². The molecule has 2 N–H and O–H groups in total. The van der Waals surface area contributed by atoms with Gasteiger partial charge in [-0.15, -0.1) is 5.10 Å². The van der Waals surface area contributed by atoms with E-state index in [4.69, 9.17) is 10.5 Å². The number of nitrogens with zero attached hydrogens (tertiary/aromatic N) is 3. The van der Waals surface area contributed by atoms with Crippen LogP contribution < -0.4 is 10.5 Å². The summed E-state index contributed by atoms with van der Waals surface area (Å²) in [7, 11) is 1.60. The highest BCUT2D eigenvalue weighted by molar-refractivity contribution is 5.64. The van der Waals surface area contributed by atoms with Gasteiger partial charge in [0.25, 0.3) is 0 Å². The predicted octanol–water partition coefficient (Wildman–Crippen LogP) is 2.54. The first kappa shape index (κ1) is 14.2. The third kappa shape index (κ3) is 2.56. The number of benzene rings is 2. The summed E-state index contributed by atoms with van der Waals surface area (Å²) in [5.41, 5.74) is 8.46. The Bertz CT molecular complexity index is 800. The Labute approximate surface area is 127 Å². The summed E-state index contributed by atoms with van der Waals surface area (Å²) < 4.78 is 20.4. The van der Waals surface area contributed by atoms with Gasteiger partial charge in [-0.25, -0.2) is 9.07 Å². The lowest BCUT2D eigenvalue weighted by molar-refractivity contribution is 0.414. The van der Waals surface area contributed by atoms with E-state index in [1.54, 1.807) is 23.9 Å². The smallest absolute Gasteiger partial charge is 0.123 e. The number of hydrogen-bond donors (Lipinski definition) is 1. The molecule has 6 heteroatoms. The first-order valence-electron chi connectivity index (χ1n) is 6.78. The Morgan fingerprint density at radius 1 is 1.18 bits per heavy atom. The molecule has 1 heterocycles. The highest BCUT2D eigenvalue weighted by Gasteiger charge is 2.16. The maximum atomic E-state index is 13.5. The minimum Gasteiger partial charge on any atom is -0.497 e. The second kappa shape index (κ2) is 5.95. The molecule has 5 nitrogen and oxygen atoms in total. The van der Waals surface area contributed by atoms with Crippen molar-refractivity contribution in [2.24, 2.45) is 5.73 Å². The van der Waals surface area contributed by atoms with Crippen molar-refractivity contribution in [1.29, 1.82) is 0 Å². The minimum atomic E-state index is -0.320. The van der Waals surface area contributed by atoms with Crippen LogP contribution in [0.5, 0.6) is 5.75 Å². The van der Waals surface area contributed by atoms with Crippen molar-refractivity contribution < 1.29 is 9.13 Å². The van der Waals surface area contributed by atoms with Crippen LogP contribution in [0.15, 0.2) is 48.5 Å². The summed E-state index contributed by atoms with van der Waals surface area (Å²) in [6.07, 6.45) is 0. The summed E-state index contributed by atoms with van der Waals surface area (Å²) >= 11 is 0. The van der Waals surface area contributed by atoms with Crippen LogP contribution >= 0.6 is 0 Å². The molecule has 0 unspecified atom stereocenters. The molecule has 3 rings (SSSR count). The number of methoxy groups -OCH3 is 1. The Morgan fingerprint density at radius 3 is 2.73 bits per heavy atom. The Hall–Kier alpha value is -2.73. The lowest BCUT2D eigenvalue weighted by atomic mass is 10.1. The van der Waals surface area contributed by atoms with Crippen LogP contribution in [-0.4, -0.2) is 22.1 Å². The zero-order valence-electron chi connectivity index (χ0n) is 12.0. The largest absolute Gasteiger partial charge is 0.497 e. The van der Waals surface area contributed by atoms with Crippen LogP contribution in [0.1, 0.15) is 5.69 Å². The van der Waals surface area contributed by atoms with Crippen molar-refractivity contribution in [2.75, 3.05) is 7.11 Å². The number of aromatic nitrogens is 3. The molecular formula is C16H15FN4O. The molecule has 22 heavy (non-hydrogen) atoms. The second-order valence-electron chi connectivity index (χ2n) is 4.71. The zero-order chi connectivity index (χ0) is 15.5. The van der Waals surface area contributed by atoms with E-state index in [0.717, 1.165) is 5.69 Å². The molecular weight excluding hydrogens is 283 g/mol. The second-order valence-corrected chi connectivity index (χ2v) is 4.71. The van der Waals surface area contributed by atoms with E-state index >= 15 is 0 Å². The third-order valence-electron chi connectivity index (χ3n) is 3.33. The molecule has 0 spiro atoms. The van der Waals surface area contributed by atoms with Gasteiger partial charge >= 0.3 is 0 Å². The van der Waals surface area contributed by atoms with Gasteiger partial charge in [-0.05, 0) is 24.3 Å². The average Bonchev–Trinajstić information content (AvgIpc) is 2.99. The summed E-state index contributed by atoms with van der Waals surface area (Å²) in [6.45, 7) is 0.218. The van der Waals surface area contributed by atoms with E-state index in [1.165, 1.54) is 12.1 Å². The summed E-state index contributed by atoms with van der Waals surface area (Å²) in [5.74, 6) is 0.381. The fourth-order valence-corrected chi connectivity index (χ4v) is 2.30. The first-order chi connectivity index (χ1) is 10.7. The standard InChI is InChI=1S/C16H15FN4O/c1-22-14-7-3-6-13(9-14)21-16(15(10-18)19-20-21)11-4-2-5-12(17)8-11/h2-9H,10,18H2,1H3. The van der Waals surface area contributed by atoms with Gasteiger partial charge in [0.2, 0.25) is 0 Å². The van der Waals surface area contributed by atoms with Crippen molar-refractivity contribution in [3.8, 4) is 22.7 Å². The predicted molar refractivity (Wildman–Crippen MR) is 81.2 cm³/mol. The number of ether oxygens (including phenoxy) is 1. The van der Waals surface area contributed by atoms with Crippen LogP contribution in [0.4, 0.5) is 4.39 Å². The molecule has 3 aromatic rings. The van der Waals surface area contributed by atoms with Gasteiger partial charge in [0.1, 0.15) is 17.3 Å². The van der Waals surface area contributed by atoms with E-state index in [0.29, 0.717) is 22.7 Å².